The summed E-state index contributed by atoms with van der Waals surface area (Å²) in [7, 11) is 0. The molecular formula is C44H49F3N10O2. The van der Waals surface area contributed by atoms with Crippen LogP contribution in [0, 0.1) is 0 Å². The summed E-state index contributed by atoms with van der Waals surface area (Å²) < 4.78 is 44.1. The molecule has 0 radical (unpaired) electrons. The van der Waals surface area contributed by atoms with Gasteiger partial charge >= 0.3 is 0 Å². The maximum absolute atomic E-state index is 13.6. The average molecular weight is 807 g/mol. The van der Waals surface area contributed by atoms with Crippen LogP contribution in [0.4, 0.5) is 24.5 Å². The molecule has 0 bridgehead atoms. The number of hydrogen-bond donors (Lipinski definition) is 4. The molecule has 4 heterocycles. The standard InChI is InChI=1S/C22H25F2N5O.C22H24FN5O/c1-2-29-20-17(14-27-29)19(28-16-8-10-22(23,24)11-9-16)18(13-25-20)21(30)26-12-15-6-4-3-5-7-15;1-2-28-21-18(14-26-28)20(27-17-10-8-16(23)9-11-17)19(13-24-21)22(29)25-12-15-6-4-3-5-7-15/h3-7,13-14,16H,2,8-12H2,1H3,(H,25,28)(H,26,30);3-8,13-14,17H,2,9-12H2,1H3,(H,24,27)(H,25,29). The number of anilines is 2. The van der Waals surface area contributed by atoms with Crippen molar-refractivity contribution in [3.63, 3.8) is 0 Å². The molecule has 0 aliphatic heterocycles. The van der Waals surface area contributed by atoms with E-state index in [1.165, 1.54) is 6.20 Å². The fourth-order valence-electron chi connectivity index (χ4n) is 7.44. The molecule has 2 aliphatic carbocycles. The molecule has 15 heteroatoms. The molecule has 1 fully saturated rings. The molecule has 8 rings (SSSR count). The summed E-state index contributed by atoms with van der Waals surface area (Å²) >= 11 is 0. The van der Waals surface area contributed by atoms with Crippen LogP contribution in [0.25, 0.3) is 22.1 Å². The predicted molar refractivity (Wildman–Crippen MR) is 223 cm³/mol. The molecule has 0 spiro atoms. The van der Waals surface area contributed by atoms with Crippen molar-refractivity contribution in [2.24, 2.45) is 0 Å². The number of halogens is 3. The zero-order valence-electron chi connectivity index (χ0n) is 33.2. The summed E-state index contributed by atoms with van der Waals surface area (Å²) in [6.07, 6.45) is 10.2. The van der Waals surface area contributed by atoms with Crippen LogP contribution in [0.1, 0.15) is 90.6 Å². The lowest BCUT2D eigenvalue weighted by Gasteiger charge is -2.30. The van der Waals surface area contributed by atoms with Crippen LogP contribution in [0.15, 0.2) is 97.4 Å². The van der Waals surface area contributed by atoms with E-state index >= 15 is 0 Å². The van der Waals surface area contributed by atoms with E-state index in [0.717, 1.165) is 27.5 Å². The van der Waals surface area contributed by atoms with Crippen molar-refractivity contribution in [2.75, 3.05) is 10.6 Å². The number of hydrogen-bond acceptors (Lipinski definition) is 8. The number of nitrogens with one attached hydrogen (secondary N) is 4. The van der Waals surface area contributed by atoms with Gasteiger partial charge in [0.15, 0.2) is 11.3 Å². The Balaban J connectivity index is 0.000000179. The Morgan fingerprint density at radius 3 is 1.61 bits per heavy atom. The number of aromatic nitrogens is 6. The number of amides is 2. The molecule has 59 heavy (non-hydrogen) atoms. The molecule has 4 N–H and O–H groups in total. The number of allylic oxidation sites excluding steroid dienone is 1. The summed E-state index contributed by atoms with van der Waals surface area (Å²) in [5, 5.41) is 23.0. The molecule has 1 saturated carbocycles. The highest BCUT2D eigenvalue weighted by Gasteiger charge is 2.35. The Morgan fingerprint density at radius 1 is 0.695 bits per heavy atom. The fraction of sp³-hybridized carbons (Fsp3) is 0.364. The second-order valence-electron chi connectivity index (χ2n) is 14.9. The molecule has 2 aliphatic rings. The minimum atomic E-state index is -2.60. The highest BCUT2D eigenvalue weighted by atomic mass is 19.3. The van der Waals surface area contributed by atoms with Gasteiger partial charge in [0.1, 0.15) is 0 Å². The Hall–Kier alpha value is -6.25. The minimum absolute atomic E-state index is 0.0609. The normalized spacial score (nSPS) is 16.5. The van der Waals surface area contributed by atoms with Gasteiger partial charge in [-0.3, -0.25) is 9.59 Å². The molecule has 1 unspecified atom stereocenters. The summed E-state index contributed by atoms with van der Waals surface area (Å²) in [6.45, 7) is 6.11. The third-order valence-corrected chi connectivity index (χ3v) is 10.8. The number of fused-ring (bicyclic) bond motifs is 2. The van der Waals surface area contributed by atoms with Gasteiger partial charge < -0.3 is 21.3 Å². The van der Waals surface area contributed by atoms with Crippen molar-refractivity contribution in [1.82, 2.24) is 40.2 Å². The van der Waals surface area contributed by atoms with Crippen molar-refractivity contribution >= 4 is 45.3 Å². The molecule has 2 amide bonds. The van der Waals surface area contributed by atoms with Crippen LogP contribution in [-0.2, 0) is 26.2 Å². The van der Waals surface area contributed by atoms with E-state index in [4.69, 9.17) is 0 Å². The predicted octanol–water partition coefficient (Wildman–Crippen LogP) is 8.57. The van der Waals surface area contributed by atoms with E-state index in [1.807, 2.05) is 74.5 Å². The first-order chi connectivity index (χ1) is 28.6. The van der Waals surface area contributed by atoms with Crippen molar-refractivity contribution in [2.45, 2.75) is 103 Å². The van der Waals surface area contributed by atoms with Gasteiger partial charge in [0.25, 0.3) is 11.8 Å². The first-order valence-electron chi connectivity index (χ1n) is 20.2. The van der Waals surface area contributed by atoms with Gasteiger partial charge in [-0.05, 0) is 50.7 Å². The van der Waals surface area contributed by atoms with E-state index in [0.29, 0.717) is 86.4 Å². The Labute approximate surface area is 340 Å². The molecular weight excluding hydrogens is 758 g/mol. The monoisotopic (exact) mass is 806 g/mol. The quantitative estimate of drug-likeness (QED) is 0.0964. The number of rotatable bonds is 12. The lowest BCUT2D eigenvalue weighted by Crippen LogP contribution is -2.33. The van der Waals surface area contributed by atoms with Crippen molar-refractivity contribution in [3.05, 3.63) is 120 Å². The van der Waals surface area contributed by atoms with Gasteiger partial charge in [0, 0.05) is 69.9 Å². The lowest BCUT2D eigenvalue weighted by atomic mass is 9.92. The van der Waals surface area contributed by atoms with Gasteiger partial charge in [-0.25, -0.2) is 32.5 Å². The summed E-state index contributed by atoms with van der Waals surface area (Å²) in [5.74, 6) is -3.13. The third-order valence-electron chi connectivity index (χ3n) is 10.8. The topological polar surface area (TPSA) is 144 Å². The highest BCUT2D eigenvalue weighted by molar-refractivity contribution is 6.07. The van der Waals surface area contributed by atoms with E-state index in [-0.39, 0.29) is 42.6 Å². The van der Waals surface area contributed by atoms with E-state index in [9.17, 15) is 22.8 Å². The zero-order chi connectivity index (χ0) is 41.4. The lowest BCUT2D eigenvalue weighted by molar-refractivity contribution is -0.0361. The summed E-state index contributed by atoms with van der Waals surface area (Å²) in [4.78, 5) is 34.9. The minimum Gasteiger partial charge on any atom is -0.381 e. The second kappa shape index (κ2) is 18.6. The van der Waals surface area contributed by atoms with Crippen LogP contribution in [0.2, 0.25) is 0 Å². The molecule has 6 aromatic rings. The first kappa shape index (κ1) is 40.9. The zero-order valence-corrected chi connectivity index (χ0v) is 33.2. The molecule has 0 saturated heterocycles. The second-order valence-corrected chi connectivity index (χ2v) is 14.9. The van der Waals surface area contributed by atoms with Crippen LogP contribution >= 0.6 is 0 Å². The molecule has 12 nitrogen and oxygen atoms in total. The number of benzene rings is 2. The summed E-state index contributed by atoms with van der Waals surface area (Å²) in [6, 6.07) is 19.3. The maximum atomic E-state index is 13.6. The van der Waals surface area contributed by atoms with Gasteiger partial charge in [-0.15, -0.1) is 0 Å². The SMILES string of the molecule is CCn1ncc2c(NC3CC=C(F)CC3)c(C(=O)NCc3ccccc3)cnc21.CCn1ncc2c(NC3CCC(F)(F)CC3)c(C(=O)NCc3ccccc3)cnc21. The molecule has 4 aromatic heterocycles. The average Bonchev–Trinajstić information content (AvgIpc) is 3.89. The highest BCUT2D eigenvalue weighted by Crippen LogP contribution is 2.36. The molecule has 2 aromatic carbocycles. The van der Waals surface area contributed by atoms with Crippen LogP contribution in [-0.4, -0.2) is 59.3 Å². The van der Waals surface area contributed by atoms with Crippen LogP contribution in [0.3, 0.4) is 0 Å². The van der Waals surface area contributed by atoms with E-state index in [1.54, 1.807) is 34.0 Å². The van der Waals surface area contributed by atoms with Gasteiger partial charge in [-0.2, -0.15) is 10.2 Å². The number of nitrogens with zero attached hydrogens (tertiary/aromatic N) is 6. The van der Waals surface area contributed by atoms with Crippen molar-refractivity contribution in [3.8, 4) is 0 Å². The van der Waals surface area contributed by atoms with Gasteiger partial charge in [0.05, 0.1) is 51.5 Å². The van der Waals surface area contributed by atoms with E-state index < -0.39 is 5.92 Å². The first-order valence-corrected chi connectivity index (χ1v) is 20.2. The number of aryl methyl sites for hydroxylation is 2. The third kappa shape index (κ3) is 9.90. The largest absolute Gasteiger partial charge is 0.381 e. The smallest absolute Gasteiger partial charge is 0.255 e. The molecule has 308 valence electrons. The van der Waals surface area contributed by atoms with Gasteiger partial charge in [0.2, 0.25) is 5.92 Å². The fourth-order valence-corrected chi connectivity index (χ4v) is 7.44. The Morgan fingerprint density at radius 2 is 1.17 bits per heavy atom. The summed E-state index contributed by atoms with van der Waals surface area (Å²) in [5.41, 5.74) is 5.60. The van der Waals surface area contributed by atoms with Crippen molar-refractivity contribution < 1.29 is 22.8 Å². The Kier molecular flexibility index (Phi) is 12.9. The van der Waals surface area contributed by atoms with Crippen LogP contribution < -0.4 is 21.3 Å². The molecule has 1 atom stereocenters. The van der Waals surface area contributed by atoms with Crippen LogP contribution in [0.5, 0.6) is 0 Å². The number of alkyl halides is 2. The number of carbonyl (C=O) groups excluding carboxylic acids is 2. The number of pyridine rings is 2. The van der Waals surface area contributed by atoms with Crippen molar-refractivity contribution in [1.29, 1.82) is 0 Å². The Bertz CT molecular complexity index is 2410. The van der Waals surface area contributed by atoms with Gasteiger partial charge in [-0.1, -0.05) is 66.7 Å². The van der Waals surface area contributed by atoms with E-state index in [2.05, 4.69) is 41.4 Å². The number of carbonyl (C=O) groups is 2. The maximum Gasteiger partial charge on any atom is 0.255 e.